The van der Waals surface area contributed by atoms with E-state index >= 15 is 0 Å². The van der Waals surface area contributed by atoms with E-state index in [9.17, 15) is 4.79 Å². The predicted octanol–water partition coefficient (Wildman–Crippen LogP) is 1.03. The van der Waals surface area contributed by atoms with E-state index in [1.165, 1.54) is 0 Å². The number of nitrogens with one attached hydrogen (secondary N) is 1. The minimum Gasteiger partial charge on any atom is -0.309 e. The third-order valence-electron chi connectivity index (χ3n) is 1.93. The molecular weight excluding hydrogens is 190 g/mol. The minimum absolute atomic E-state index is 0.0579. The van der Waals surface area contributed by atoms with Crippen LogP contribution in [-0.2, 0) is 13.0 Å². The standard InChI is InChI=1S/C11H19N3O/c1-8(2)5-9-6-11(15)13-10(12-9)7-14(3)4/h6,8H,5,7H2,1-4H3,(H,12,13,15). The maximum atomic E-state index is 11.4. The van der Waals surface area contributed by atoms with Crippen molar-refractivity contribution in [1.82, 2.24) is 14.9 Å². The van der Waals surface area contributed by atoms with E-state index in [0.29, 0.717) is 12.5 Å². The second-order valence-electron chi connectivity index (χ2n) is 4.52. The number of hydrogen-bond donors (Lipinski definition) is 1. The van der Waals surface area contributed by atoms with Crippen LogP contribution in [0, 0.1) is 5.92 Å². The highest BCUT2D eigenvalue weighted by atomic mass is 16.1. The van der Waals surface area contributed by atoms with Crippen molar-refractivity contribution in [3.8, 4) is 0 Å². The van der Waals surface area contributed by atoms with Gasteiger partial charge in [0.15, 0.2) is 0 Å². The minimum atomic E-state index is -0.0579. The summed E-state index contributed by atoms with van der Waals surface area (Å²) in [6, 6.07) is 1.58. The van der Waals surface area contributed by atoms with E-state index in [1.807, 2.05) is 19.0 Å². The summed E-state index contributed by atoms with van der Waals surface area (Å²) in [5, 5.41) is 0. The Bertz CT molecular complexity index is 337. The van der Waals surface area contributed by atoms with Crippen LogP contribution in [0.2, 0.25) is 0 Å². The monoisotopic (exact) mass is 209 g/mol. The molecule has 0 saturated carbocycles. The summed E-state index contributed by atoms with van der Waals surface area (Å²) in [5.41, 5.74) is 0.822. The van der Waals surface area contributed by atoms with E-state index in [0.717, 1.165) is 17.9 Å². The van der Waals surface area contributed by atoms with Crippen LogP contribution >= 0.6 is 0 Å². The van der Waals surface area contributed by atoms with Crippen molar-refractivity contribution >= 4 is 0 Å². The van der Waals surface area contributed by atoms with Crippen LogP contribution < -0.4 is 5.56 Å². The highest BCUT2D eigenvalue weighted by Crippen LogP contribution is 2.03. The molecule has 0 fully saturated rings. The first-order chi connectivity index (χ1) is 6.97. The quantitative estimate of drug-likeness (QED) is 0.805. The molecule has 1 heterocycles. The van der Waals surface area contributed by atoms with Gasteiger partial charge in [-0.2, -0.15) is 0 Å². The molecule has 1 aromatic rings. The van der Waals surface area contributed by atoms with Crippen LogP contribution in [0.5, 0.6) is 0 Å². The maximum Gasteiger partial charge on any atom is 0.251 e. The van der Waals surface area contributed by atoms with Crippen molar-refractivity contribution in [2.75, 3.05) is 14.1 Å². The molecule has 0 spiro atoms. The highest BCUT2D eigenvalue weighted by Gasteiger charge is 2.04. The van der Waals surface area contributed by atoms with E-state index in [-0.39, 0.29) is 5.56 Å². The zero-order chi connectivity index (χ0) is 11.4. The van der Waals surface area contributed by atoms with E-state index in [2.05, 4.69) is 23.8 Å². The van der Waals surface area contributed by atoms with Crippen LogP contribution in [0.1, 0.15) is 25.4 Å². The molecule has 1 N–H and O–H groups in total. The number of nitrogens with zero attached hydrogens (tertiary/aromatic N) is 2. The highest BCUT2D eigenvalue weighted by molar-refractivity contribution is 5.03. The fourth-order valence-electron chi connectivity index (χ4n) is 1.46. The van der Waals surface area contributed by atoms with Crippen molar-refractivity contribution in [3.63, 3.8) is 0 Å². The lowest BCUT2D eigenvalue weighted by atomic mass is 10.1. The SMILES string of the molecule is CC(C)Cc1cc(=O)[nH]c(CN(C)C)n1. The Labute approximate surface area is 90.3 Å². The molecule has 0 atom stereocenters. The van der Waals surface area contributed by atoms with Gasteiger partial charge in [0.05, 0.1) is 6.54 Å². The Hall–Kier alpha value is -1.16. The molecule has 0 aromatic carbocycles. The molecule has 0 bridgehead atoms. The third kappa shape index (κ3) is 4.25. The fourth-order valence-corrected chi connectivity index (χ4v) is 1.46. The first-order valence-corrected chi connectivity index (χ1v) is 5.21. The first kappa shape index (κ1) is 11.9. The molecule has 84 valence electrons. The van der Waals surface area contributed by atoms with Gasteiger partial charge in [-0.25, -0.2) is 4.98 Å². The molecule has 0 saturated heterocycles. The summed E-state index contributed by atoms with van der Waals surface area (Å²) in [4.78, 5) is 20.5. The Morgan fingerprint density at radius 2 is 2.13 bits per heavy atom. The van der Waals surface area contributed by atoms with Crippen LogP contribution in [0.15, 0.2) is 10.9 Å². The van der Waals surface area contributed by atoms with Crippen LogP contribution in [0.4, 0.5) is 0 Å². The molecular formula is C11H19N3O. The summed E-state index contributed by atoms with van der Waals surface area (Å²) >= 11 is 0. The van der Waals surface area contributed by atoms with Crippen molar-refractivity contribution in [2.45, 2.75) is 26.8 Å². The van der Waals surface area contributed by atoms with Gasteiger partial charge in [-0.15, -0.1) is 0 Å². The predicted molar refractivity (Wildman–Crippen MR) is 60.8 cm³/mol. The van der Waals surface area contributed by atoms with Gasteiger partial charge in [0.1, 0.15) is 5.82 Å². The van der Waals surface area contributed by atoms with E-state index < -0.39 is 0 Å². The molecule has 0 aliphatic heterocycles. The molecule has 1 rings (SSSR count). The molecule has 4 heteroatoms. The Kier molecular flexibility index (Phi) is 4.03. The second-order valence-corrected chi connectivity index (χ2v) is 4.52. The van der Waals surface area contributed by atoms with Gasteiger partial charge in [0.2, 0.25) is 0 Å². The molecule has 15 heavy (non-hydrogen) atoms. The first-order valence-electron chi connectivity index (χ1n) is 5.21. The van der Waals surface area contributed by atoms with Crippen molar-refractivity contribution in [2.24, 2.45) is 5.92 Å². The zero-order valence-electron chi connectivity index (χ0n) is 9.87. The van der Waals surface area contributed by atoms with Crippen molar-refractivity contribution in [1.29, 1.82) is 0 Å². The smallest absolute Gasteiger partial charge is 0.251 e. The second kappa shape index (κ2) is 5.07. The summed E-state index contributed by atoms with van der Waals surface area (Å²) in [7, 11) is 3.91. The van der Waals surface area contributed by atoms with E-state index in [4.69, 9.17) is 0 Å². The van der Waals surface area contributed by atoms with Crippen LogP contribution in [-0.4, -0.2) is 29.0 Å². The van der Waals surface area contributed by atoms with Crippen molar-refractivity contribution < 1.29 is 0 Å². The molecule has 0 aliphatic rings. The Morgan fingerprint density at radius 1 is 1.47 bits per heavy atom. The largest absolute Gasteiger partial charge is 0.309 e. The van der Waals surface area contributed by atoms with Gasteiger partial charge in [0, 0.05) is 11.8 Å². The lowest BCUT2D eigenvalue weighted by molar-refractivity contribution is 0.388. The lowest BCUT2D eigenvalue weighted by Crippen LogP contribution is -2.19. The summed E-state index contributed by atoms with van der Waals surface area (Å²) < 4.78 is 0. The van der Waals surface area contributed by atoms with Crippen molar-refractivity contribution in [3.05, 3.63) is 27.9 Å². The molecule has 0 radical (unpaired) electrons. The molecule has 4 nitrogen and oxygen atoms in total. The van der Waals surface area contributed by atoms with Gasteiger partial charge in [-0.1, -0.05) is 13.8 Å². The maximum absolute atomic E-state index is 11.4. The average molecular weight is 209 g/mol. The van der Waals surface area contributed by atoms with Gasteiger partial charge in [0.25, 0.3) is 5.56 Å². The Balaban J connectivity index is 2.90. The summed E-state index contributed by atoms with van der Waals surface area (Å²) in [6.07, 6.45) is 0.852. The summed E-state index contributed by atoms with van der Waals surface area (Å²) in [6.45, 7) is 4.91. The van der Waals surface area contributed by atoms with Crippen LogP contribution in [0.3, 0.4) is 0 Å². The number of aromatic nitrogens is 2. The number of hydrogen-bond acceptors (Lipinski definition) is 3. The lowest BCUT2D eigenvalue weighted by Gasteiger charge is -2.10. The fraction of sp³-hybridized carbons (Fsp3) is 0.636. The zero-order valence-corrected chi connectivity index (χ0v) is 9.87. The topological polar surface area (TPSA) is 49.0 Å². The Morgan fingerprint density at radius 3 is 2.67 bits per heavy atom. The molecule has 0 amide bonds. The third-order valence-corrected chi connectivity index (χ3v) is 1.93. The van der Waals surface area contributed by atoms with Gasteiger partial charge >= 0.3 is 0 Å². The van der Waals surface area contributed by atoms with Crippen LogP contribution in [0.25, 0.3) is 0 Å². The summed E-state index contributed by atoms with van der Waals surface area (Å²) in [5.74, 6) is 1.26. The number of aromatic amines is 1. The van der Waals surface area contributed by atoms with E-state index in [1.54, 1.807) is 6.07 Å². The number of H-pyrrole nitrogens is 1. The van der Waals surface area contributed by atoms with Gasteiger partial charge < -0.3 is 9.88 Å². The normalized spacial score (nSPS) is 11.3. The average Bonchev–Trinajstić information content (AvgIpc) is 1.98. The molecule has 0 unspecified atom stereocenters. The molecule has 0 aliphatic carbocycles. The van der Waals surface area contributed by atoms with Gasteiger partial charge in [-0.05, 0) is 26.4 Å². The molecule has 1 aromatic heterocycles. The number of rotatable bonds is 4. The van der Waals surface area contributed by atoms with Gasteiger partial charge in [-0.3, -0.25) is 4.79 Å².